The SMILES string of the molecule is CN(Cc1cnn(C)c1)C(=O)CN1CCS(=O)(=O)CC1. The molecule has 0 aromatic carbocycles. The van der Waals surface area contributed by atoms with Crippen molar-refractivity contribution in [2.45, 2.75) is 6.54 Å². The van der Waals surface area contributed by atoms with Gasteiger partial charge in [-0.25, -0.2) is 8.42 Å². The third-order valence-electron chi connectivity index (χ3n) is 3.40. The fourth-order valence-corrected chi connectivity index (χ4v) is 3.41. The van der Waals surface area contributed by atoms with Gasteiger partial charge >= 0.3 is 0 Å². The molecule has 8 heteroatoms. The summed E-state index contributed by atoms with van der Waals surface area (Å²) >= 11 is 0. The summed E-state index contributed by atoms with van der Waals surface area (Å²) in [4.78, 5) is 15.6. The third kappa shape index (κ3) is 4.04. The maximum absolute atomic E-state index is 12.1. The predicted molar refractivity (Wildman–Crippen MR) is 74.8 cm³/mol. The minimum Gasteiger partial charge on any atom is -0.340 e. The standard InChI is InChI=1S/C12H20N4O3S/c1-14(8-11-7-13-15(2)9-11)12(17)10-16-3-5-20(18,19)6-4-16/h7,9H,3-6,8,10H2,1-2H3. The van der Waals surface area contributed by atoms with Crippen molar-refractivity contribution >= 4 is 15.7 Å². The molecule has 112 valence electrons. The lowest BCUT2D eigenvalue weighted by molar-refractivity contribution is -0.131. The maximum Gasteiger partial charge on any atom is 0.236 e. The van der Waals surface area contributed by atoms with Crippen LogP contribution in [0.1, 0.15) is 5.56 Å². The summed E-state index contributed by atoms with van der Waals surface area (Å²) in [6, 6.07) is 0. The molecule has 0 radical (unpaired) electrons. The van der Waals surface area contributed by atoms with E-state index in [1.807, 2.05) is 18.1 Å². The summed E-state index contributed by atoms with van der Waals surface area (Å²) in [6.45, 7) is 1.66. The van der Waals surface area contributed by atoms with Crippen molar-refractivity contribution in [2.24, 2.45) is 7.05 Å². The van der Waals surface area contributed by atoms with Crippen molar-refractivity contribution in [3.8, 4) is 0 Å². The lowest BCUT2D eigenvalue weighted by Gasteiger charge is -2.27. The maximum atomic E-state index is 12.1. The molecule has 1 aliphatic rings. The first-order valence-corrected chi connectivity index (χ1v) is 8.32. The first-order chi connectivity index (χ1) is 9.35. The zero-order valence-corrected chi connectivity index (χ0v) is 12.6. The molecule has 2 rings (SSSR count). The van der Waals surface area contributed by atoms with Crippen LogP contribution in [0.2, 0.25) is 0 Å². The van der Waals surface area contributed by atoms with Gasteiger partial charge in [0, 0.05) is 45.5 Å². The summed E-state index contributed by atoms with van der Waals surface area (Å²) in [7, 11) is 0.684. The average Bonchev–Trinajstić information content (AvgIpc) is 2.77. The first kappa shape index (κ1) is 15.0. The van der Waals surface area contributed by atoms with Gasteiger partial charge in [0.25, 0.3) is 0 Å². The molecule has 1 aromatic heterocycles. The molecule has 20 heavy (non-hydrogen) atoms. The van der Waals surface area contributed by atoms with Crippen LogP contribution < -0.4 is 0 Å². The van der Waals surface area contributed by atoms with Gasteiger partial charge < -0.3 is 4.90 Å². The van der Waals surface area contributed by atoms with E-state index in [2.05, 4.69) is 5.10 Å². The van der Waals surface area contributed by atoms with Crippen molar-refractivity contribution in [3.05, 3.63) is 18.0 Å². The molecule has 0 N–H and O–H groups in total. The Morgan fingerprint density at radius 2 is 2.05 bits per heavy atom. The number of hydrogen-bond donors (Lipinski definition) is 0. The van der Waals surface area contributed by atoms with E-state index < -0.39 is 9.84 Å². The van der Waals surface area contributed by atoms with E-state index in [0.29, 0.717) is 19.6 Å². The summed E-state index contributed by atoms with van der Waals surface area (Å²) in [6.07, 6.45) is 3.61. The van der Waals surface area contributed by atoms with Crippen LogP contribution >= 0.6 is 0 Å². The van der Waals surface area contributed by atoms with Gasteiger partial charge in [0.15, 0.2) is 9.84 Å². The number of amides is 1. The van der Waals surface area contributed by atoms with Crippen LogP contribution in [-0.2, 0) is 28.2 Å². The van der Waals surface area contributed by atoms with E-state index in [0.717, 1.165) is 5.56 Å². The number of carbonyl (C=O) groups excluding carboxylic acids is 1. The summed E-state index contributed by atoms with van der Waals surface area (Å²) < 4.78 is 24.4. The predicted octanol–water partition coefficient (Wildman–Crippen LogP) is -0.891. The van der Waals surface area contributed by atoms with Gasteiger partial charge in [0.05, 0.1) is 24.2 Å². The summed E-state index contributed by atoms with van der Waals surface area (Å²) in [5.74, 6) is 0.285. The van der Waals surface area contributed by atoms with Gasteiger partial charge in [-0.05, 0) is 0 Å². The van der Waals surface area contributed by atoms with Gasteiger partial charge in [-0.15, -0.1) is 0 Å². The highest BCUT2D eigenvalue weighted by Gasteiger charge is 2.24. The molecule has 7 nitrogen and oxygen atoms in total. The second-order valence-electron chi connectivity index (χ2n) is 5.20. The highest BCUT2D eigenvalue weighted by atomic mass is 32.2. The second kappa shape index (κ2) is 5.92. The lowest BCUT2D eigenvalue weighted by Crippen LogP contribution is -2.45. The minimum atomic E-state index is -2.90. The molecule has 0 bridgehead atoms. The van der Waals surface area contributed by atoms with Gasteiger partial charge in [-0.3, -0.25) is 14.4 Å². The Hall–Kier alpha value is -1.41. The number of likely N-dealkylation sites (N-methyl/N-ethyl adjacent to an activating group) is 1. The van der Waals surface area contributed by atoms with E-state index >= 15 is 0 Å². The molecular formula is C12H20N4O3S. The van der Waals surface area contributed by atoms with Gasteiger partial charge in [-0.2, -0.15) is 5.10 Å². The second-order valence-corrected chi connectivity index (χ2v) is 7.50. The molecule has 1 aliphatic heterocycles. The fourth-order valence-electron chi connectivity index (χ4n) is 2.14. The Morgan fingerprint density at radius 1 is 1.40 bits per heavy atom. The fraction of sp³-hybridized carbons (Fsp3) is 0.667. The number of nitrogens with zero attached hydrogens (tertiary/aromatic N) is 4. The van der Waals surface area contributed by atoms with Crippen LogP contribution in [0, 0.1) is 0 Å². The topological polar surface area (TPSA) is 75.5 Å². The van der Waals surface area contributed by atoms with Crippen molar-refractivity contribution in [1.29, 1.82) is 0 Å². The smallest absolute Gasteiger partial charge is 0.236 e. The molecule has 1 amide bonds. The molecule has 0 aliphatic carbocycles. The van der Waals surface area contributed by atoms with Crippen LogP contribution in [0.15, 0.2) is 12.4 Å². The monoisotopic (exact) mass is 300 g/mol. The molecule has 1 fully saturated rings. The Balaban J connectivity index is 1.82. The van der Waals surface area contributed by atoms with Crippen LogP contribution in [0.5, 0.6) is 0 Å². The van der Waals surface area contributed by atoms with Gasteiger partial charge in [-0.1, -0.05) is 0 Å². The zero-order valence-electron chi connectivity index (χ0n) is 11.8. The molecule has 0 spiro atoms. The Kier molecular flexibility index (Phi) is 4.44. The number of aryl methyl sites for hydroxylation is 1. The number of sulfone groups is 1. The highest BCUT2D eigenvalue weighted by molar-refractivity contribution is 7.91. The number of rotatable bonds is 4. The number of hydrogen-bond acceptors (Lipinski definition) is 5. The Bertz CT molecular complexity index is 567. The first-order valence-electron chi connectivity index (χ1n) is 6.50. The highest BCUT2D eigenvalue weighted by Crippen LogP contribution is 2.06. The molecule has 1 aromatic rings. The van der Waals surface area contributed by atoms with Crippen molar-refractivity contribution in [3.63, 3.8) is 0 Å². The van der Waals surface area contributed by atoms with E-state index in [1.165, 1.54) is 0 Å². The summed E-state index contributed by atoms with van der Waals surface area (Å²) in [5, 5.41) is 4.06. The Labute approximate surface area is 119 Å². The number of aromatic nitrogens is 2. The van der Waals surface area contributed by atoms with Crippen LogP contribution in [0.3, 0.4) is 0 Å². The van der Waals surface area contributed by atoms with E-state index in [-0.39, 0.29) is 24.0 Å². The van der Waals surface area contributed by atoms with E-state index in [9.17, 15) is 13.2 Å². The minimum absolute atomic E-state index is 0.00634. The van der Waals surface area contributed by atoms with Crippen LogP contribution in [0.4, 0.5) is 0 Å². The average molecular weight is 300 g/mol. The molecule has 1 saturated heterocycles. The van der Waals surface area contributed by atoms with Crippen LogP contribution in [-0.4, -0.2) is 72.1 Å². The largest absolute Gasteiger partial charge is 0.340 e. The van der Waals surface area contributed by atoms with Crippen molar-refractivity contribution in [1.82, 2.24) is 19.6 Å². The normalized spacial score (nSPS) is 18.9. The van der Waals surface area contributed by atoms with Crippen molar-refractivity contribution < 1.29 is 13.2 Å². The van der Waals surface area contributed by atoms with E-state index in [1.54, 1.807) is 22.8 Å². The molecule has 0 unspecified atom stereocenters. The van der Waals surface area contributed by atoms with Crippen LogP contribution in [0.25, 0.3) is 0 Å². The molecule has 2 heterocycles. The summed E-state index contributed by atoms with van der Waals surface area (Å²) in [5.41, 5.74) is 0.976. The molecule has 0 atom stereocenters. The zero-order chi connectivity index (χ0) is 14.8. The molecule has 0 saturated carbocycles. The van der Waals surface area contributed by atoms with Gasteiger partial charge in [0.2, 0.25) is 5.91 Å². The lowest BCUT2D eigenvalue weighted by atomic mass is 10.3. The molecular weight excluding hydrogens is 280 g/mol. The Morgan fingerprint density at radius 3 is 2.60 bits per heavy atom. The quantitative estimate of drug-likeness (QED) is 0.721. The third-order valence-corrected chi connectivity index (χ3v) is 5.01. The van der Waals surface area contributed by atoms with Crippen molar-refractivity contribution in [2.75, 3.05) is 38.2 Å². The van der Waals surface area contributed by atoms with Gasteiger partial charge in [0.1, 0.15) is 0 Å². The van der Waals surface area contributed by atoms with E-state index in [4.69, 9.17) is 0 Å². The number of carbonyl (C=O) groups is 1.